The molecule has 0 aromatic heterocycles. The minimum Gasteiger partial charge on any atom is -0.408 e. The zero-order valence-corrected chi connectivity index (χ0v) is 12.3. The van der Waals surface area contributed by atoms with E-state index in [1.54, 1.807) is 12.2 Å². The van der Waals surface area contributed by atoms with Crippen LogP contribution in [-0.2, 0) is 4.43 Å². The summed E-state index contributed by atoms with van der Waals surface area (Å²) in [6, 6.07) is 0. The quantitative estimate of drug-likeness (QED) is 0.745. The molecule has 0 saturated carbocycles. The van der Waals surface area contributed by atoms with Crippen LogP contribution in [-0.4, -0.2) is 36.8 Å². The van der Waals surface area contributed by atoms with Crippen molar-refractivity contribution in [2.75, 3.05) is 0 Å². The molecule has 1 aliphatic rings. The number of aliphatic hydroxyl groups is 2. The molecule has 0 aromatic carbocycles. The lowest BCUT2D eigenvalue weighted by Crippen LogP contribution is -2.48. The summed E-state index contributed by atoms with van der Waals surface area (Å²) in [7, 11) is -1.94. The highest BCUT2D eigenvalue weighted by Gasteiger charge is 2.40. The summed E-state index contributed by atoms with van der Waals surface area (Å²) in [6.45, 7) is 10.7. The van der Waals surface area contributed by atoms with Gasteiger partial charge in [0.1, 0.15) is 12.2 Å². The van der Waals surface area contributed by atoms with E-state index in [4.69, 9.17) is 4.43 Å². The van der Waals surface area contributed by atoms with Crippen LogP contribution in [0, 0.1) is 0 Å². The molecular formula is C13H24O3Si. The molecule has 1 aliphatic carbocycles. The summed E-state index contributed by atoms with van der Waals surface area (Å²) in [5, 5.41) is 19.8. The Morgan fingerprint density at radius 1 is 1.06 bits per heavy atom. The first-order valence-corrected chi connectivity index (χ1v) is 8.95. The molecule has 1 rings (SSSR count). The van der Waals surface area contributed by atoms with Crippen LogP contribution in [0.4, 0.5) is 0 Å². The van der Waals surface area contributed by atoms with Gasteiger partial charge in [-0.25, -0.2) is 0 Å². The van der Waals surface area contributed by atoms with Crippen LogP contribution < -0.4 is 0 Å². The van der Waals surface area contributed by atoms with E-state index in [-0.39, 0.29) is 5.04 Å². The fraction of sp³-hybridized carbons (Fsp3) is 0.692. The van der Waals surface area contributed by atoms with Crippen molar-refractivity contribution < 1.29 is 14.6 Å². The average Bonchev–Trinajstić information content (AvgIpc) is 2.31. The van der Waals surface area contributed by atoms with Crippen molar-refractivity contribution in [1.29, 1.82) is 0 Å². The van der Waals surface area contributed by atoms with Crippen molar-refractivity contribution in [3.05, 3.63) is 24.3 Å². The highest BCUT2D eigenvalue weighted by molar-refractivity contribution is 6.74. The van der Waals surface area contributed by atoms with Crippen LogP contribution in [0.15, 0.2) is 24.3 Å². The Kier molecular flexibility index (Phi) is 4.36. The smallest absolute Gasteiger partial charge is 0.193 e. The van der Waals surface area contributed by atoms with E-state index < -0.39 is 26.6 Å². The minimum absolute atomic E-state index is 0.0885. The highest BCUT2D eigenvalue weighted by atomic mass is 28.4. The Balaban J connectivity index is 2.81. The van der Waals surface area contributed by atoms with Crippen molar-refractivity contribution >= 4 is 8.32 Å². The van der Waals surface area contributed by atoms with E-state index in [1.165, 1.54) is 0 Å². The number of hydrogen-bond donors (Lipinski definition) is 2. The van der Waals surface area contributed by atoms with Gasteiger partial charge in [-0.15, -0.1) is 0 Å². The number of hydrogen-bond acceptors (Lipinski definition) is 3. The van der Waals surface area contributed by atoms with Gasteiger partial charge in [0.2, 0.25) is 0 Å². The molecule has 0 amide bonds. The summed E-state index contributed by atoms with van der Waals surface area (Å²) < 4.78 is 6.11. The van der Waals surface area contributed by atoms with Gasteiger partial charge in [-0.2, -0.15) is 0 Å². The van der Waals surface area contributed by atoms with Crippen LogP contribution >= 0.6 is 0 Å². The molecule has 3 nitrogen and oxygen atoms in total. The molecule has 98 valence electrons. The van der Waals surface area contributed by atoms with E-state index in [9.17, 15) is 10.2 Å². The van der Waals surface area contributed by atoms with Gasteiger partial charge in [-0.3, -0.25) is 0 Å². The third kappa shape index (κ3) is 3.52. The van der Waals surface area contributed by atoms with Gasteiger partial charge in [0, 0.05) is 0 Å². The van der Waals surface area contributed by atoms with Gasteiger partial charge in [0.25, 0.3) is 0 Å². The number of allylic oxidation sites excluding steroid dienone is 2. The summed E-state index contributed by atoms with van der Waals surface area (Å²) >= 11 is 0. The first-order chi connectivity index (χ1) is 7.65. The third-order valence-electron chi connectivity index (χ3n) is 3.64. The number of aliphatic hydroxyl groups excluding tert-OH is 2. The molecule has 0 radical (unpaired) electrons. The van der Waals surface area contributed by atoms with Gasteiger partial charge in [-0.05, 0) is 18.1 Å². The normalized spacial score (nSPS) is 30.4. The Labute approximate surface area is 105 Å². The molecule has 0 unspecified atom stereocenters. The van der Waals surface area contributed by atoms with Crippen molar-refractivity contribution in [3.8, 4) is 0 Å². The Hall–Kier alpha value is -0.423. The lowest BCUT2D eigenvalue weighted by Gasteiger charge is -2.40. The van der Waals surface area contributed by atoms with Crippen LogP contribution in [0.25, 0.3) is 0 Å². The minimum atomic E-state index is -1.94. The maximum Gasteiger partial charge on any atom is 0.193 e. The van der Waals surface area contributed by atoms with E-state index in [1.807, 2.05) is 12.2 Å². The van der Waals surface area contributed by atoms with E-state index >= 15 is 0 Å². The lowest BCUT2D eigenvalue weighted by molar-refractivity contribution is -0.0151. The monoisotopic (exact) mass is 256 g/mol. The Morgan fingerprint density at radius 3 is 2.12 bits per heavy atom. The zero-order chi connectivity index (χ0) is 13.3. The van der Waals surface area contributed by atoms with Crippen LogP contribution in [0.5, 0.6) is 0 Å². The van der Waals surface area contributed by atoms with Gasteiger partial charge >= 0.3 is 0 Å². The Bertz CT molecular complexity index is 315. The molecular weight excluding hydrogens is 232 g/mol. The molecule has 4 heteroatoms. The lowest BCUT2D eigenvalue weighted by atomic mass is 10.1. The van der Waals surface area contributed by atoms with Crippen LogP contribution in [0.2, 0.25) is 18.1 Å². The fourth-order valence-electron chi connectivity index (χ4n) is 1.40. The highest BCUT2D eigenvalue weighted by Crippen LogP contribution is 2.38. The fourth-order valence-corrected chi connectivity index (χ4v) is 2.65. The number of rotatable bonds is 2. The summed E-state index contributed by atoms with van der Waals surface area (Å²) in [5.41, 5.74) is 0. The first kappa shape index (κ1) is 14.6. The summed E-state index contributed by atoms with van der Waals surface area (Å²) in [4.78, 5) is 0. The second kappa shape index (κ2) is 5.06. The molecule has 0 heterocycles. The molecule has 0 bridgehead atoms. The second-order valence-corrected chi connectivity index (χ2v) is 10.9. The Morgan fingerprint density at radius 2 is 1.59 bits per heavy atom. The molecule has 17 heavy (non-hydrogen) atoms. The van der Waals surface area contributed by atoms with E-state index in [2.05, 4.69) is 33.9 Å². The molecule has 0 saturated heterocycles. The molecule has 0 aliphatic heterocycles. The van der Waals surface area contributed by atoms with E-state index in [0.717, 1.165) is 0 Å². The van der Waals surface area contributed by atoms with Crippen molar-refractivity contribution in [2.24, 2.45) is 0 Å². The average molecular weight is 256 g/mol. The summed E-state index contributed by atoms with van der Waals surface area (Å²) in [6.07, 6.45) is 4.77. The van der Waals surface area contributed by atoms with Crippen LogP contribution in [0.1, 0.15) is 20.8 Å². The first-order valence-electron chi connectivity index (χ1n) is 6.04. The van der Waals surface area contributed by atoms with Crippen molar-refractivity contribution in [2.45, 2.75) is 57.2 Å². The van der Waals surface area contributed by atoms with Crippen molar-refractivity contribution in [1.82, 2.24) is 0 Å². The van der Waals surface area contributed by atoms with E-state index in [0.29, 0.717) is 0 Å². The van der Waals surface area contributed by atoms with Gasteiger partial charge in [0.15, 0.2) is 8.32 Å². The van der Waals surface area contributed by atoms with Gasteiger partial charge in [0.05, 0.1) is 6.10 Å². The molecule has 3 atom stereocenters. The second-order valence-electron chi connectivity index (χ2n) is 6.09. The molecule has 0 aromatic rings. The zero-order valence-electron chi connectivity index (χ0n) is 11.3. The molecule has 0 spiro atoms. The van der Waals surface area contributed by atoms with Gasteiger partial charge < -0.3 is 14.6 Å². The maximum atomic E-state index is 9.99. The van der Waals surface area contributed by atoms with Crippen molar-refractivity contribution in [3.63, 3.8) is 0 Å². The largest absolute Gasteiger partial charge is 0.408 e. The predicted octanol–water partition coefficient (Wildman–Crippen LogP) is 2.22. The standard InChI is InChI=1S/C13H24O3Si/c1-13(2,3)17(4,5)16-11-9-7-6-8-10(14)12(11)15/h6-12,14-15H,1-5H3/t10-,11-,12-/m1/s1. The molecule has 2 N–H and O–H groups in total. The predicted molar refractivity (Wildman–Crippen MR) is 72.4 cm³/mol. The van der Waals surface area contributed by atoms with Gasteiger partial charge in [-0.1, -0.05) is 45.1 Å². The SMILES string of the molecule is CC(C)(C)[Si](C)(C)O[C@@H]1C=CC=C[C@@H](O)[C@H]1O. The molecule has 0 fully saturated rings. The van der Waals surface area contributed by atoms with Crippen LogP contribution in [0.3, 0.4) is 0 Å². The third-order valence-corrected chi connectivity index (χ3v) is 8.12. The maximum absolute atomic E-state index is 9.99. The summed E-state index contributed by atoms with van der Waals surface area (Å²) in [5.74, 6) is 0. The topological polar surface area (TPSA) is 49.7 Å².